The molecular weight excluding hydrogens is 430 g/mol. The number of aromatic nitrogens is 3. The third-order valence-electron chi connectivity index (χ3n) is 4.72. The molecule has 2 atom stereocenters. The molecule has 1 aromatic heterocycles. The van der Waals surface area contributed by atoms with Gasteiger partial charge in [-0.3, -0.25) is 9.59 Å². The van der Waals surface area contributed by atoms with Gasteiger partial charge in [0.1, 0.15) is 24.2 Å². The number of benzene rings is 2. The van der Waals surface area contributed by atoms with Crippen LogP contribution < -0.4 is 10.6 Å². The molecule has 0 fully saturated rings. The van der Waals surface area contributed by atoms with E-state index in [1.807, 2.05) is 36.6 Å². The highest BCUT2D eigenvalue weighted by Gasteiger charge is 2.26. The Balaban J connectivity index is 1.60. The van der Waals surface area contributed by atoms with E-state index in [1.54, 1.807) is 43.0 Å². The van der Waals surface area contributed by atoms with Gasteiger partial charge in [0.15, 0.2) is 0 Å². The Kier molecular flexibility index (Phi) is 8.20. The van der Waals surface area contributed by atoms with Crippen molar-refractivity contribution >= 4 is 40.7 Å². The minimum absolute atomic E-state index is 0.0950. The quantitative estimate of drug-likeness (QED) is 0.510. The number of ether oxygens (including phenoxy) is 1. The molecule has 0 aliphatic heterocycles. The Morgan fingerprint density at radius 2 is 1.78 bits per heavy atom. The molecular formula is C22H25N5O4S. The lowest BCUT2D eigenvalue weighted by atomic mass is 10.2. The molecule has 2 N–H and O–H groups in total. The molecule has 1 heterocycles. The van der Waals surface area contributed by atoms with Crippen LogP contribution in [0.5, 0.6) is 0 Å². The van der Waals surface area contributed by atoms with E-state index in [0.717, 1.165) is 5.56 Å². The second-order valence-corrected chi connectivity index (χ2v) is 8.08. The number of thioether (sulfide) groups is 1. The van der Waals surface area contributed by atoms with E-state index in [9.17, 15) is 14.4 Å². The van der Waals surface area contributed by atoms with Gasteiger partial charge in [0, 0.05) is 0 Å². The van der Waals surface area contributed by atoms with Gasteiger partial charge >= 0.3 is 6.09 Å². The molecule has 168 valence electrons. The van der Waals surface area contributed by atoms with Crippen LogP contribution in [0.1, 0.15) is 23.7 Å². The molecule has 3 aromatic rings. The Morgan fingerprint density at radius 1 is 1.06 bits per heavy atom. The van der Waals surface area contributed by atoms with Crippen LogP contribution in [0.3, 0.4) is 0 Å². The Bertz CT molecular complexity index is 1070. The molecule has 2 amide bonds. The van der Waals surface area contributed by atoms with Crippen molar-refractivity contribution in [3.05, 3.63) is 60.2 Å². The average Bonchev–Trinajstić information content (AvgIpc) is 3.24. The number of carbonyl (C=O) groups is 3. The van der Waals surface area contributed by atoms with Crippen molar-refractivity contribution in [2.45, 2.75) is 32.0 Å². The van der Waals surface area contributed by atoms with Crippen LogP contribution in [-0.4, -0.2) is 57.0 Å². The van der Waals surface area contributed by atoms with E-state index in [1.165, 1.54) is 4.68 Å². The van der Waals surface area contributed by atoms with Gasteiger partial charge < -0.3 is 15.4 Å². The largest absolute Gasteiger partial charge is 0.445 e. The molecule has 0 radical (unpaired) electrons. The minimum atomic E-state index is -0.869. The highest BCUT2D eigenvalue weighted by Crippen LogP contribution is 2.10. The number of hydrogen-bond donors (Lipinski definition) is 2. The van der Waals surface area contributed by atoms with Crippen LogP contribution in [0.15, 0.2) is 54.6 Å². The van der Waals surface area contributed by atoms with Gasteiger partial charge in [-0.05, 0) is 43.0 Å². The molecule has 9 nitrogen and oxygen atoms in total. The molecule has 10 heteroatoms. The van der Waals surface area contributed by atoms with E-state index < -0.39 is 30.0 Å². The van der Waals surface area contributed by atoms with Crippen LogP contribution in [0.25, 0.3) is 11.0 Å². The van der Waals surface area contributed by atoms with Crippen LogP contribution >= 0.6 is 11.8 Å². The minimum Gasteiger partial charge on any atom is -0.445 e. The van der Waals surface area contributed by atoms with Crippen LogP contribution in [0.2, 0.25) is 0 Å². The Labute approximate surface area is 189 Å². The van der Waals surface area contributed by atoms with Crippen molar-refractivity contribution in [1.29, 1.82) is 0 Å². The molecule has 0 bridgehead atoms. The number of nitrogens with zero attached hydrogens (tertiary/aromatic N) is 3. The number of amides is 2. The number of hydrogen-bond acceptors (Lipinski definition) is 7. The van der Waals surface area contributed by atoms with E-state index in [-0.39, 0.29) is 6.61 Å². The Hall–Kier alpha value is -3.40. The number of nitrogens with one attached hydrogen (secondary N) is 2. The summed E-state index contributed by atoms with van der Waals surface area (Å²) in [7, 11) is 0. The van der Waals surface area contributed by atoms with Gasteiger partial charge in [-0.15, -0.1) is 5.10 Å². The summed E-state index contributed by atoms with van der Waals surface area (Å²) in [6.45, 7) is 1.66. The lowest BCUT2D eigenvalue weighted by molar-refractivity contribution is -0.123. The summed E-state index contributed by atoms with van der Waals surface area (Å²) in [6.07, 6.45) is 1.60. The first-order valence-electron chi connectivity index (χ1n) is 10.1. The first-order chi connectivity index (χ1) is 15.5. The lowest BCUT2D eigenvalue weighted by Gasteiger charge is -2.20. The fourth-order valence-corrected chi connectivity index (χ4v) is 3.47. The number of rotatable bonds is 9. The molecule has 0 aliphatic carbocycles. The molecule has 0 aliphatic rings. The van der Waals surface area contributed by atoms with E-state index >= 15 is 0 Å². The van der Waals surface area contributed by atoms with Gasteiger partial charge in [0.05, 0.1) is 5.52 Å². The topological polar surface area (TPSA) is 115 Å². The first kappa shape index (κ1) is 23.3. The summed E-state index contributed by atoms with van der Waals surface area (Å²) < 4.78 is 6.39. The predicted molar refractivity (Wildman–Crippen MR) is 122 cm³/mol. The fraction of sp³-hybridized carbons (Fsp3) is 0.318. The van der Waals surface area contributed by atoms with Crippen molar-refractivity contribution in [2.75, 3.05) is 12.0 Å². The van der Waals surface area contributed by atoms with Gasteiger partial charge in [-0.1, -0.05) is 47.7 Å². The highest BCUT2D eigenvalue weighted by molar-refractivity contribution is 7.98. The number of para-hydroxylation sites is 1. The second kappa shape index (κ2) is 11.3. The summed E-state index contributed by atoms with van der Waals surface area (Å²) in [5, 5.41) is 13.1. The van der Waals surface area contributed by atoms with Crippen molar-refractivity contribution in [3.63, 3.8) is 0 Å². The van der Waals surface area contributed by atoms with E-state index in [0.29, 0.717) is 23.2 Å². The number of fused-ring (bicyclic) bond motifs is 1. The molecule has 32 heavy (non-hydrogen) atoms. The zero-order chi connectivity index (χ0) is 22.9. The second-order valence-electron chi connectivity index (χ2n) is 7.10. The first-order valence-corrected chi connectivity index (χ1v) is 11.5. The summed E-state index contributed by atoms with van der Waals surface area (Å²) in [4.78, 5) is 37.9. The predicted octanol–water partition coefficient (Wildman–Crippen LogP) is 2.62. The summed E-state index contributed by atoms with van der Waals surface area (Å²) >= 11 is 1.55. The van der Waals surface area contributed by atoms with E-state index in [2.05, 4.69) is 20.9 Å². The third-order valence-corrected chi connectivity index (χ3v) is 5.37. The standard InChI is InChI=1S/C22H25N5O4S/c1-15(21(29)27-19-11-7-6-10-17(19)25-26-27)23-20(28)18(12-13-32-2)24-22(30)31-14-16-8-4-3-5-9-16/h3-11,15,18H,12-14H2,1-2H3,(H,23,28)(H,24,30)/t15?,18-/m0/s1. The van der Waals surface area contributed by atoms with Crippen LogP contribution in [-0.2, 0) is 16.1 Å². The summed E-state index contributed by atoms with van der Waals surface area (Å²) in [5.74, 6) is -0.254. The van der Waals surface area contributed by atoms with Crippen LogP contribution in [0, 0.1) is 0 Å². The monoisotopic (exact) mass is 455 g/mol. The smallest absolute Gasteiger partial charge is 0.408 e. The molecule has 2 aromatic carbocycles. The zero-order valence-electron chi connectivity index (χ0n) is 17.9. The van der Waals surface area contributed by atoms with E-state index in [4.69, 9.17) is 4.74 Å². The maximum absolute atomic E-state index is 12.8. The maximum Gasteiger partial charge on any atom is 0.408 e. The molecule has 0 saturated carbocycles. The molecule has 0 spiro atoms. The van der Waals surface area contributed by atoms with Crippen LogP contribution in [0.4, 0.5) is 4.79 Å². The average molecular weight is 456 g/mol. The Morgan fingerprint density at radius 3 is 2.53 bits per heavy atom. The maximum atomic E-state index is 12.8. The van der Waals surface area contributed by atoms with Crippen molar-refractivity contribution < 1.29 is 19.1 Å². The van der Waals surface area contributed by atoms with Crippen molar-refractivity contribution in [2.24, 2.45) is 0 Å². The van der Waals surface area contributed by atoms with Gasteiger partial charge in [0.25, 0.3) is 5.91 Å². The van der Waals surface area contributed by atoms with Gasteiger partial charge in [-0.25, -0.2) is 4.79 Å². The lowest BCUT2D eigenvalue weighted by Crippen LogP contribution is -2.51. The molecule has 3 rings (SSSR count). The third kappa shape index (κ3) is 6.07. The summed E-state index contributed by atoms with van der Waals surface area (Å²) in [6, 6.07) is 14.6. The number of carbonyl (C=O) groups excluding carboxylic acids is 3. The van der Waals surface area contributed by atoms with Crippen molar-refractivity contribution in [1.82, 2.24) is 25.6 Å². The zero-order valence-corrected chi connectivity index (χ0v) is 18.7. The SMILES string of the molecule is CSCC[C@H](NC(=O)OCc1ccccc1)C(=O)NC(C)C(=O)n1nnc2ccccc21. The fourth-order valence-electron chi connectivity index (χ4n) is 3.00. The van der Waals surface area contributed by atoms with Gasteiger partial charge in [0.2, 0.25) is 5.91 Å². The highest BCUT2D eigenvalue weighted by atomic mass is 32.2. The molecule has 0 saturated heterocycles. The normalized spacial score (nSPS) is 12.7. The molecule has 1 unspecified atom stereocenters. The number of alkyl carbamates (subject to hydrolysis) is 1. The summed E-state index contributed by atoms with van der Waals surface area (Å²) in [5.41, 5.74) is 1.98. The van der Waals surface area contributed by atoms with Gasteiger partial charge in [-0.2, -0.15) is 16.4 Å². The van der Waals surface area contributed by atoms with Crippen molar-refractivity contribution in [3.8, 4) is 0 Å².